The highest BCUT2D eigenvalue weighted by Crippen LogP contribution is 2.34. The van der Waals surface area contributed by atoms with E-state index in [9.17, 15) is 0 Å². The number of morpholine rings is 1. The molecule has 2 fully saturated rings. The highest BCUT2D eigenvalue weighted by molar-refractivity contribution is 4.96. The second kappa shape index (κ2) is 4.40. The van der Waals surface area contributed by atoms with E-state index >= 15 is 0 Å². The van der Waals surface area contributed by atoms with Gasteiger partial charge >= 0.3 is 0 Å². The molecular formula is C12H23NO2. The van der Waals surface area contributed by atoms with Gasteiger partial charge in [-0.05, 0) is 25.7 Å². The van der Waals surface area contributed by atoms with E-state index in [4.69, 9.17) is 9.47 Å². The molecule has 0 radical (unpaired) electrons. The van der Waals surface area contributed by atoms with E-state index in [1.807, 2.05) is 0 Å². The minimum atomic E-state index is -0.0392. The fourth-order valence-corrected chi connectivity index (χ4v) is 2.74. The highest BCUT2D eigenvalue weighted by Gasteiger charge is 2.44. The molecule has 2 heterocycles. The summed E-state index contributed by atoms with van der Waals surface area (Å²) in [5.74, 6) is 0. The maximum atomic E-state index is 6.41. The Morgan fingerprint density at radius 1 is 1.20 bits per heavy atom. The normalized spacial score (nSPS) is 35.6. The third-order valence-corrected chi connectivity index (χ3v) is 3.90. The third kappa shape index (κ3) is 2.19. The molecule has 0 aliphatic carbocycles. The Hall–Kier alpha value is -0.120. The van der Waals surface area contributed by atoms with Crippen LogP contribution in [0.3, 0.4) is 0 Å². The van der Waals surface area contributed by atoms with Crippen LogP contribution in [0.2, 0.25) is 0 Å². The summed E-state index contributed by atoms with van der Waals surface area (Å²) in [5.41, 5.74) is 0.00146. The lowest BCUT2D eigenvalue weighted by atomic mass is 9.88. The summed E-state index contributed by atoms with van der Waals surface area (Å²) in [6.45, 7) is 8.04. The molecule has 2 aliphatic heterocycles. The number of hydrogen-bond donors (Lipinski definition) is 1. The molecule has 3 nitrogen and oxygen atoms in total. The van der Waals surface area contributed by atoms with E-state index in [1.165, 1.54) is 0 Å². The zero-order valence-corrected chi connectivity index (χ0v) is 9.97. The second-order valence-corrected chi connectivity index (χ2v) is 4.93. The van der Waals surface area contributed by atoms with Crippen molar-refractivity contribution in [3.8, 4) is 0 Å². The van der Waals surface area contributed by atoms with Gasteiger partial charge in [0.25, 0.3) is 0 Å². The van der Waals surface area contributed by atoms with E-state index in [-0.39, 0.29) is 11.2 Å². The Labute approximate surface area is 92.5 Å². The molecule has 0 aromatic carbocycles. The summed E-state index contributed by atoms with van der Waals surface area (Å²) in [7, 11) is 0. The summed E-state index contributed by atoms with van der Waals surface area (Å²) in [5, 5.41) is 3.53. The molecule has 15 heavy (non-hydrogen) atoms. The van der Waals surface area contributed by atoms with Gasteiger partial charge in [-0.1, -0.05) is 13.8 Å². The van der Waals surface area contributed by atoms with Crippen LogP contribution >= 0.6 is 0 Å². The topological polar surface area (TPSA) is 30.5 Å². The van der Waals surface area contributed by atoms with Crippen molar-refractivity contribution in [1.29, 1.82) is 0 Å². The zero-order valence-electron chi connectivity index (χ0n) is 9.97. The quantitative estimate of drug-likeness (QED) is 0.757. The first-order chi connectivity index (χ1) is 7.24. The summed E-state index contributed by atoms with van der Waals surface area (Å²) in [4.78, 5) is 0. The van der Waals surface area contributed by atoms with Crippen LogP contribution in [0.5, 0.6) is 0 Å². The van der Waals surface area contributed by atoms with Gasteiger partial charge in [0, 0.05) is 19.7 Å². The van der Waals surface area contributed by atoms with Gasteiger partial charge in [0.15, 0.2) is 0 Å². The summed E-state index contributed by atoms with van der Waals surface area (Å²) in [6.07, 6.45) is 4.43. The molecule has 2 rings (SSSR count). The molecule has 1 unspecified atom stereocenters. The molecule has 88 valence electrons. The number of rotatable bonds is 2. The molecule has 1 atom stereocenters. The van der Waals surface area contributed by atoms with E-state index in [0.717, 1.165) is 52.0 Å². The molecule has 2 saturated heterocycles. The van der Waals surface area contributed by atoms with Gasteiger partial charge in [-0.3, -0.25) is 0 Å². The molecular weight excluding hydrogens is 190 g/mol. The molecule has 1 N–H and O–H groups in total. The lowest BCUT2D eigenvalue weighted by Gasteiger charge is -2.49. The SMILES string of the molecule is CCC1(CC)CNCC2(CCCOC2)O1. The predicted molar refractivity (Wildman–Crippen MR) is 60.1 cm³/mol. The third-order valence-electron chi connectivity index (χ3n) is 3.90. The monoisotopic (exact) mass is 213 g/mol. The standard InChI is InChI=1S/C12H23NO2/c1-3-11(4-2)8-13-9-12(15-11)6-5-7-14-10-12/h13H,3-10H2,1-2H3. The van der Waals surface area contributed by atoms with Crippen molar-refractivity contribution in [2.75, 3.05) is 26.3 Å². The van der Waals surface area contributed by atoms with Gasteiger partial charge in [0.2, 0.25) is 0 Å². The Balaban J connectivity index is 2.07. The van der Waals surface area contributed by atoms with Crippen LogP contribution in [0, 0.1) is 0 Å². The maximum absolute atomic E-state index is 6.41. The zero-order chi connectivity index (χ0) is 10.8. The molecule has 3 heteroatoms. The van der Waals surface area contributed by atoms with E-state index in [1.54, 1.807) is 0 Å². The van der Waals surface area contributed by atoms with Gasteiger partial charge in [0.1, 0.15) is 5.60 Å². The van der Waals surface area contributed by atoms with E-state index in [2.05, 4.69) is 19.2 Å². The van der Waals surface area contributed by atoms with Gasteiger partial charge in [-0.25, -0.2) is 0 Å². The number of ether oxygens (including phenoxy) is 2. The maximum Gasteiger partial charge on any atom is 0.105 e. The van der Waals surface area contributed by atoms with Gasteiger partial charge in [-0.15, -0.1) is 0 Å². The molecule has 2 aliphatic rings. The molecule has 0 bridgehead atoms. The van der Waals surface area contributed by atoms with Gasteiger partial charge < -0.3 is 14.8 Å². The molecule has 0 aromatic rings. The number of nitrogens with one attached hydrogen (secondary N) is 1. The van der Waals surface area contributed by atoms with Gasteiger partial charge in [0.05, 0.1) is 12.2 Å². The van der Waals surface area contributed by atoms with E-state index < -0.39 is 0 Å². The lowest BCUT2D eigenvalue weighted by molar-refractivity contribution is -0.219. The summed E-state index contributed by atoms with van der Waals surface area (Å²) in [6, 6.07) is 0. The molecule has 0 saturated carbocycles. The predicted octanol–water partition coefficient (Wildman–Crippen LogP) is 1.71. The van der Waals surface area contributed by atoms with Crippen LogP contribution in [0.15, 0.2) is 0 Å². The fourth-order valence-electron chi connectivity index (χ4n) is 2.74. The average molecular weight is 213 g/mol. The van der Waals surface area contributed by atoms with Crippen molar-refractivity contribution in [3.63, 3.8) is 0 Å². The van der Waals surface area contributed by atoms with Crippen molar-refractivity contribution in [3.05, 3.63) is 0 Å². The molecule has 1 spiro atoms. The lowest BCUT2D eigenvalue weighted by Crippen LogP contribution is -2.62. The first-order valence-corrected chi connectivity index (χ1v) is 6.23. The second-order valence-electron chi connectivity index (χ2n) is 4.93. The minimum Gasteiger partial charge on any atom is -0.378 e. The van der Waals surface area contributed by atoms with Crippen LogP contribution in [0.1, 0.15) is 39.5 Å². The molecule has 0 amide bonds. The summed E-state index contributed by atoms with van der Waals surface area (Å²) >= 11 is 0. The first-order valence-electron chi connectivity index (χ1n) is 6.23. The fraction of sp³-hybridized carbons (Fsp3) is 1.00. The Kier molecular flexibility index (Phi) is 3.33. The van der Waals surface area contributed by atoms with Crippen LogP contribution < -0.4 is 5.32 Å². The van der Waals surface area contributed by atoms with Crippen LogP contribution in [0.4, 0.5) is 0 Å². The smallest absolute Gasteiger partial charge is 0.105 e. The van der Waals surface area contributed by atoms with Gasteiger partial charge in [-0.2, -0.15) is 0 Å². The van der Waals surface area contributed by atoms with Crippen molar-refractivity contribution in [2.24, 2.45) is 0 Å². The van der Waals surface area contributed by atoms with Crippen molar-refractivity contribution in [1.82, 2.24) is 5.32 Å². The van der Waals surface area contributed by atoms with Crippen LogP contribution in [-0.4, -0.2) is 37.5 Å². The van der Waals surface area contributed by atoms with Crippen molar-refractivity contribution < 1.29 is 9.47 Å². The Morgan fingerprint density at radius 2 is 2.00 bits per heavy atom. The Morgan fingerprint density at radius 3 is 2.60 bits per heavy atom. The molecule has 0 aromatic heterocycles. The van der Waals surface area contributed by atoms with E-state index in [0.29, 0.717) is 0 Å². The summed E-state index contributed by atoms with van der Waals surface area (Å²) < 4.78 is 12.0. The average Bonchev–Trinajstić information content (AvgIpc) is 2.30. The van der Waals surface area contributed by atoms with Crippen LogP contribution in [-0.2, 0) is 9.47 Å². The minimum absolute atomic E-state index is 0.0392. The van der Waals surface area contributed by atoms with Crippen molar-refractivity contribution >= 4 is 0 Å². The Bertz CT molecular complexity index is 202. The largest absolute Gasteiger partial charge is 0.378 e. The van der Waals surface area contributed by atoms with Crippen LogP contribution in [0.25, 0.3) is 0 Å². The number of hydrogen-bond acceptors (Lipinski definition) is 3. The first kappa shape index (κ1) is 11.4. The highest BCUT2D eigenvalue weighted by atomic mass is 16.6. The van der Waals surface area contributed by atoms with Crippen molar-refractivity contribution in [2.45, 2.75) is 50.7 Å².